The van der Waals surface area contributed by atoms with E-state index in [0.717, 1.165) is 31.8 Å². The second kappa shape index (κ2) is 4.42. The Morgan fingerprint density at radius 1 is 1.47 bits per heavy atom. The molecule has 3 rings (SSSR count). The van der Waals surface area contributed by atoms with Crippen LogP contribution < -0.4 is 5.73 Å². The van der Waals surface area contributed by atoms with E-state index in [9.17, 15) is 4.39 Å². The second-order valence-electron chi connectivity index (χ2n) is 5.16. The van der Waals surface area contributed by atoms with Crippen LogP contribution in [-0.2, 0) is 0 Å². The van der Waals surface area contributed by atoms with E-state index in [4.69, 9.17) is 5.73 Å². The summed E-state index contributed by atoms with van der Waals surface area (Å²) >= 11 is 0. The fourth-order valence-electron chi connectivity index (χ4n) is 3.46. The molecule has 2 N–H and O–H groups in total. The number of allylic oxidation sites excluding steroid dienone is 2. The Hall–Kier alpha value is -0.870. The minimum Gasteiger partial charge on any atom is -0.367 e. The molecule has 0 aromatic heterocycles. The predicted molar refractivity (Wildman–Crippen MR) is 66.0 cm³/mol. The van der Waals surface area contributed by atoms with Crippen LogP contribution in [0.15, 0.2) is 23.7 Å². The first-order valence-electron chi connectivity index (χ1n) is 6.58. The van der Waals surface area contributed by atoms with E-state index >= 15 is 0 Å². The number of nitrogens with zero attached hydrogens (tertiary/aromatic N) is 2. The molecule has 2 atom stereocenters. The van der Waals surface area contributed by atoms with Crippen molar-refractivity contribution >= 4 is 0 Å². The van der Waals surface area contributed by atoms with E-state index in [2.05, 4.69) is 9.80 Å². The Bertz CT molecular complexity index is 364. The van der Waals surface area contributed by atoms with Crippen LogP contribution in [0.3, 0.4) is 0 Å². The molecule has 0 bridgehead atoms. The molecular weight excluding hydrogens is 217 g/mol. The zero-order chi connectivity index (χ0) is 11.8. The molecular formula is C13H20FN3. The summed E-state index contributed by atoms with van der Waals surface area (Å²) in [4.78, 5) is 4.67. The van der Waals surface area contributed by atoms with Crippen molar-refractivity contribution in [1.82, 2.24) is 9.80 Å². The van der Waals surface area contributed by atoms with Crippen LogP contribution in [0.5, 0.6) is 0 Å². The maximum absolute atomic E-state index is 14.1. The van der Waals surface area contributed by atoms with Gasteiger partial charge in [0.1, 0.15) is 5.83 Å². The van der Waals surface area contributed by atoms with Gasteiger partial charge in [-0.25, -0.2) is 4.39 Å². The highest BCUT2D eigenvalue weighted by Crippen LogP contribution is 2.37. The summed E-state index contributed by atoms with van der Waals surface area (Å²) in [5.74, 6) is -0.0325. The Morgan fingerprint density at radius 2 is 2.35 bits per heavy atom. The van der Waals surface area contributed by atoms with Gasteiger partial charge in [0, 0.05) is 32.2 Å². The Kier molecular flexibility index (Phi) is 2.92. The average Bonchev–Trinajstić information content (AvgIpc) is 2.77. The molecule has 0 aromatic rings. The van der Waals surface area contributed by atoms with Gasteiger partial charge < -0.3 is 10.6 Å². The number of hydrogen-bond donors (Lipinski definition) is 1. The monoisotopic (exact) mass is 237 g/mol. The Labute approximate surface area is 102 Å². The van der Waals surface area contributed by atoms with Gasteiger partial charge in [0.25, 0.3) is 0 Å². The zero-order valence-electron chi connectivity index (χ0n) is 10.1. The van der Waals surface area contributed by atoms with E-state index in [-0.39, 0.29) is 11.9 Å². The molecule has 4 heteroatoms. The molecule has 0 saturated carbocycles. The summed E-state index contributed by atoms with van der Waals surface area (Å²) < 4.78 is 14.1. The van der Waals surface area contributed by atoms with E-state index < -0.39 is 0 Å². The Balaban J connectivity index is 1.93. The minimum absolute atomic E-state index is 0.0325. The highest BCUT2D eigenvalue weighted by Gasteiger charge is 2.41. The van der Waals surface area contributed by atoms with Crippen molar-refractivity contribution in [2.45, 2.75) is 31.3 Å². The first-order valence-corrected chi connectivity index (χ1v) is 6.58. The van der Waals surface area contributed by atoms with Crippen molar-refractivity contribution in [2.75, 3.05) is 26.2 Å². The number of fused-ring (bicyclic) bond motifs is 3. The fourth-order valence-corrected chi connectivity index (χ4v) is 3.46. The van der Waals surface area contributed by atoms with Crippen LogP contribution in [0, 0.1) is 0 Å². The molecule has 2 saturated heterocycles. The van der Waals surface area contributed by atoms with Gasteiger partial charge in [-0.15, -0.1) is 0 Å². The lowest BCUT2D eigenvalue weighted by atomic mass is 9.96. The third kappa shape index (κ3) is 1.79. The van der Waals surface area contributed by atoms with Crippen LogP contribution in [0.4, 0.5) is 4.39 Å². The van der Waals surface area contributed by atoms with Gasteiger partial charge in [0.15, 0.2) is 0 Å². The molecule has 0 spiro atoms. The summed E-state index contributed by atoms with van der Waals surface area (Å²) in [5, 5.41) is 0. The van der Waals surface area contributed by atoms with Crippen LogP contribution in [-0.4, -0.2) is 48.1 Å². The maximum Gasteiger partial charge on any atom is 0.143 e. The average molecular weight is 237 g/mol. The molecule has 0 amide bonds. The molecule has 17 heavy (non-hydrogen) atoms. The predicted octanol–water partition coefficient (Wildman–Crippen LogP) is 1.23. The summed E-state index contributed by atoms with van der Waals surface area (Å²) in [6, 6.07) is 0.725. The quantitative estimate of drug-likeness (QED) is 0.784. The van der Waals surface area contributed by atoms with Crippen molar-refractivity contribution in [3.63, 3.8) is 0 Å². The lowest BCUT2D eigenvalue weighted by Crippen LogP contribution is -2.56. The lowest BCUT2D eigenvalue weighted by molar-refractivity contribution is 0.0915. The van der Waals surface area contributed by atoms with Gasteiger partial charge in [-0.05, 0) is 25.3 Å². The van der Waals surface area contributed by atoms with Gasteiger partial charge in [-0.1, -0.05) is 6.08 Å². The molecule has 1 aliphatic carbocycles. The summed E-state index contributed by atoms with van der Waals surface area (Å²) in [5.41, 5.74) is 6.60. The topological polar surface area (TPSA) is 32.5 Å². The van der Waals surface area contributed by atoms with E-state index in [1.165, 1.54) is 12.8 Å². The van der Waals surface area contributed by atoms with Crippen LogP contribution in [0.2, 0.25) is 0 Å². The fraction of sp³-hybridized carbons (Fsp3) is 0.692. The number of halogens is 1. The Morgan fingerprint density at radius 3 is 3.18 bits per heavy atom. The highest BCUT2D eigenvalue weighted by molar-refractivity contribution is 5.31. The summed E-state index contributed by atoms with van der Waals surface area (Å²) in [6.45, 7) is 3.60. The third-order valence-electron chi connectivity index (χ3n) is 4.17. The number of rotatable bonds is 2. The highest BCUT2D eigenvalue weighted by atomic mass is 19.1. The third-order valence-corrected chi connectivity index (χ3v) is 4.17. The SMILES string of the molecule is NCCN1C[C@@H]2CCCN2C2=C(F)C=CC[C@@H]21. The number of nitrogens with two attached hydrogens (primary N) is 1. The second-order valence-corrected chi connectivity index (χ2v) is 5.16. The van der Waals surface area contributed by atoms with E-state index in [1.807, 2.05) is 6.08 Å². The van der Waals surface area contributed by atoms with Gasteiger partial charge in [0.05, 0.1) is 11.7 Å². The van der Waals surface area contributed by atoms with E-state index in [0.29, 0.717) is 12.6 Å². The first-order chi connectivity index (χ1) is 8.31. The van der Waals surface area contributed by atoms with Crippen molar-refractivity contribution in [3.05, 3.63) is 23.7 Å². The van der Waals surface area contributed by atoms with E-state index in [1.54, 1.807) is 6.08 Å². The largest absolute Gasteiger partial charge is 0.367 e. The molecule has 94 valence electrons. The van der Waals surface area contributed by atoms with Crippen molar-refractivity contribution in [2.24, 2.45) is 5.73 Å². The smallest absolute Gasteiger partial charge is 0.143 e. The maximum atomic E-state index is 14.1. The molecule has 3 aliphatic rings. The van der Waals surface area contributed by atoms with Crippen LogP contribution >= 0.6 is 0 Å². The number of hydrogen-bond acceptors (Lipinski definition) is 3. The molecule has 2 heterocycles. The molecule has 3 nitrogen and oxygen atoms in total. The lowest BCUT2D eigenvalue weighted by Gasteiger charge is -2.47. The molecule has 0 radical (unpaired) electrons. The van der Waals surface area contributed by atoms with Gasteiger partial charge >= 0.3 is 0 Å². The zero-order valence-corrected chi connectivity index (χ0v) is 10.1. The van der Waals surface area contributed by atoms with Crippen LogP contribution in [0.25, 0.3) is 0 Å². The van der Waals surface area contributed by atoms with Gasteiger partial charge in [0.2, 0.25) is 0 Å². The van der Waals surface area contributed by atoms with Crippen molar-refractivity contribution in [1.29, 1.82) is 0 Å². The van der Waals surface area contributed by atoms with Crippen molar-refractivity contribution < 1.29 is 4.39 Å². The van der Waals surface area contributed by atoms with Crippen molar-refractivity contribution in [3.8, 4) is 0 Å². The molecule has 0 aromatic carbocycles. The summed E-state index contributed by atoms with van der Waals surface area (Å²) in [6.07, 6.45) is 6.88. The van der Waals surface area contributed by atoms with Gasteiger partial charge in [-0.2, -0.15) is 0 Å². The number of piperazine rings is 1. The first kappa shape index (κ1) is 11.2. The standard InChI is InChI=1S/C13H20FN3/c14-11-4-1-5-12-13(11)17-7-2-3-10(17)9-16(12)8-6-15/h1,4,10,12H,2-3,5-9,15H2/t10-,12-/m0/s1. The molecule has 2 fully saturated rings. The molecule has 0 unspecified atom stereocenters. The summed E-state index contributed by atoms with van der Waals surface area (Å²) in [7, 11) is 0. The molecule has 2 aliphatic heterocycles. The van der Waals surface area contributed by atoms with Crippen LogP contribution in [0.1, 0.15) is 19.3 Å². The normalized spacial score (nSPS) is 32.9. The van der Waals surface area contributed by atoms with Gasteiger partial charge in [-0.3, -0.25) is 4.90 Å². The minimum atomic E-state index is -0.0325.